The predicted octanol–water partition coefficient (Wildman–Crippen LogP) is 1.62. The third kappa shape index (κ3) is 1.81. The normalized spacial score (nSPS) is 9.82. The molecule has 2 N–H and O–H groups in total. The molecule has 17 heavy (non-hydrogen) atoms. The number of rotatable bonds is 2. The first-order valence-corrected chi connectivity index (χ1v) is 4.54. The molecule has 0 fully saturated rings. The van der Waals surface area contributed by atoms with Crippen molar-refractivity contribution in [3.05, 3.63) is 35.9 Å². The summed E-state index contributed by atoms with van der Waals surface area (Å²) in [6.45, 7) is 0. The summed E-state index contributed by atoms with van der Waals surface area (Å²) >= 11 is 0. The second-order valence-corrected chi connectivity index (χ2v) is 3.15. The molecule has 0 saturated carbocycles. The summed E-state index contributed by atoms with van der Waals surface area (Å²) in [7, 11) is 0. The lowest BCUT2D eigenvalue weighted by Crippen LogP contribution is -2.03. The van der Waals surface area contributed by atoms with Crippen molar-refractivity contribution in [2.24, 2.45) is 0 Å². The first-order chi connectivity index (χ1) is 8.13. The number of aromatic hydroxyl groups is 1. The zero-order chi connectivity index (χ0) is 12.4. The van der Waals surface area contributed by atoms with Crippen LogP contribution in [0.1, 0.15) is 16.2 Å². The number of furan rings is 1. The van der Waals surface area contributed by atoms with Crippen LogP contribution in [0.25, 0.3) is 11.3 Å². The Bertz CT molecular complexity index is 611. The molecule has 6 heteroatoms. The largest absolute Gasteiger partial charge is 0.505 e. The van der Waals surface area contributed by atoms with Gasteiger partial charge >= 0.3 is 5.97 Å². The van der Waals surface area contributed by atoms with Crippen molar-refractivity contribution in [1.29, 1.82) is 5.26 Å². The summed E-state index contributed by atoms with van der Waals surface area (Å²) in [6, 6.07) is 6.10. The third-order valence-corrected chi connectivity index (χ3v) is 2.10. The first-order valence-electron chi connectivity index (χ1n) is 4.54. The molecule has 2 heterocycles. The van der Waals surface area contributed by atoms with Gasteiger partial charge in [0.05, 0.1) is 11.8 Å². The molecule has 0 aliphatic rings. The molecule has 0 aliphatic heterocycles. The fourth-order valence-corrected chi connectivity index (χ4v) is 1.36. The zero-order valence-electron chi connectivity index (χ0n) is 8.41. The number of aromatic nitrogens is 1. The standard InChI is InChI=1S/C11H6N2O4/c12-5-7-6(9-2-1-3-17-9)4-8(14)10(13-7)11(15)16/h1-4,14H,(H,15,16). The number of nitrogens with zero attached hydrogens (tertiary/aromatic N) is 2. The van der Waals surface area contributed by atoms with E-state index in [9.17, 15) is 9.90 Å². The van der Waals surface area contributed by atoms with Gasteiger partial charge in [-0.1, -0.05) is 0 Å². The van der Waals surface area contributed by atoms with Gasteiger partial charge < -0.3 is 14.6 Å². The van der Waals surface area contributed by atoms with Gasteiger partial charge in [0, 0.05) is 0 Å². The quantitative estimate of drug-likeness (QED) is 0.811. The highest BCUT2D eigenvalue weighted by atomic mass is 16.4. The lowest BCUT2D eigenvalue weighted by atomic mass is 10.1. The smallest absolute Gasteiger partial charge is 0.358 e. The van der Waals surface area contributed by atoms with Crippen molar-refractivity contribution in [3.63, 3.8) is 0 Å². The number of nitriles is 1. The van der Waals surface area contributed by atoms with Gasteiger partial charge in [-0.2, -0.15) is 5.26 Å². The second kappa shape index (κ2) is 3.98. The Hall–Kier alpha value is -2.81. The monoisotopic (exact) mass is 230 g/mol. The van der Waals surface area contributed by atoms with Gasteiger partial charge in [-0.25, -0.2) is 9.78 Å². The lowest BCUT2D eigenvalue weighted by Gasteiger charge is -2.03. The Morgan fingerprint density at radius 2 is 2.29 bits per heavy atom. The van der Waals surface area contributed by atoms with Crippen molar-refractivity contribution >= 4 is 5.97 Å². The number of pyridine rings is 1. The minimum Gasteiger partial charge on any atom is -0.505 e. The van der Waals surface area contributed by atoms with Crippen molar-refractivity contribution in [1.82, 2.24) is 4.98 Å². The van der Waals surface area contributed by atoms with Crippen LogP contribution < -0.4 is 0 Å². The highest BCUT2D eigenvalue weighted by molar-refractivity contribution is 5.89. The summed E-state index contributed by atoms with van der Waals surface area (Å²) in [4.78, 5) is 14.3. The Balaban J connectivity index is 2.67. The number of hydrogen-bond donors (Lipinski definition) is 2. The summed E-state index contributed by atoms with van der Waals surface area (Å²) in [6.07, 6.45) is 1.40. The molecule has 0 unspecified atom stereocenters. The topological polar surface area (TPSA) is 107 Å². The van der Waals surface area contributed by atoms with Crippen LogP contribution in [-0.2, 0) is 0 Å². The van der Waals surface area contributed by atoms with Crippen LogP contribution >= 0.6 is 0 Å². The van der Waals surface area contributed by atoms with Gasteiger partial charge in [0.2, 0.25) is 0 Å². The highest BCUT2D eigenvalue weighted by Crippen LogP contribution is 2.28. The minimum absolute atomic E-state index is 0.116. The summed E-state index contributed by atoms with van der Waals surface area (Å²) in [5.41, 5.74) is -0.424. The van der Waals surface area contributed by atoms with Gasteiger partial charge in [-0.05, 0) is 18.2 Å². The van der Waals surface area contributed by atoms with Crippen molar-refractivity contribution in [3.8, 4) is 23.1 Å². The van der Waals surface area contributed by atoms with E-state index in [4.69, 9.17) is 14.8 Å². The van der Waals surface area contributed by atoms with E-state index in [1.165, 1.54) is 6.26 Å². The van der Waals surface area contributed by atoms with Crippen LogP contribution in [0.4, 0.5) is 0 Å². The van der Waals surface area contributed by atoms with E-state index in [1.807, 2.05) is 0 Å². The SMILES string of the molecule is N#Cc1nc(C(=O)O)c(O)cc1-c1ccco1. The van der Waals surface area contributed by atoms with Gasteiger partial charge in [0.15, 0.2) is 11.4 Å². The number of carboxylic acids is 1. The van der Waals surface area contributed by atoms with E-state index in [2.05, 4.69) is 4.98 Å². The molecule has 2 aromatic heterocycles. The number of hydrogen-bond acceptors (Lipinski definition) is 5. The maximum absolute atomic E-state index is 10.7. The zero-order valence-corrected chi connectivity index (χ0v) is 8.41. The summed E-state index contributed by atoms with van der Waals surface area (Å²) < 4.78 is 5.07. The molecular formula is C11H6N2O4. The Morgan fingerprint density at radius 1 is 1.53 bits per heavy atom. The van der Waals surface area contributed by atoms with Crippen LogP contribution in [0.3, 0.4) is 0 Å². The molecule has 0 radical (unpaired) electrons. The van der Waals surface area contributed by atoms with Gasteiger partial charge in [0.25, 0.3) is 0 Å². The van der Waals surface area contributed by atoms with E-state index in [0.29, 0.717) is 5.76 Å². The van der Waals surface area contributed by atoms with Crippen LogP contribution in [0.15, 0.2) is 28.9 Å². The number of carboxylic acid groups (broad SMARTS) is 1. The average molecular weight is 230 g/mol. The van der Waals surface area contributed by atoms with Crippen molar-refractivity contribution < 1.29 is 19.4 Å². The van der Waals surface area contributed by atoms with Gasteiger partial charge in [0.1, 0.15) is 17.6 Å². The van der Waals surface area contributed by atoms with E-state index in [0.717, 1.165) is 6.07 Å². The molecule has 84 valence electrons. The molecule has 0 aromatic carbocycles. The lowest BCUT2D eigenvalue weighted by molar-refractivity contribution is 0.0687. The van der Waals surface area contributed by atoms with Crippen LogP contribution in [-0.4, -0.2) is 21.2 Å². The molecule has 0 bridgehead atoms. The molecule has 0 amide bonds. The fraction of sp³-hybridized carbons (Fsp3) is 0. The van der Waals surface area contributed by atoms with Crippen molar-refractivity contribution in [2.75, 3.05) is 0 Å². The van der Waals surface area contributed by atoms with Gasteiger partial charge in [-0.15, -0.1) is 0 Å². The molecular weight excluding hydrogens is 224 g/mol. The molecule has 0 spiro atoms. The molecule has 0 aliphatic carbocycles. The van der Waals surface area contributed by atoms with Crippen LogP contribution in [0.5, 0.6) is 5.75 Å². The number of carbonyl (C=O) groups is 1. The van der Waals surface area contributed by atoms with E-state index < -0.39 is 17.4 Å². The molecule has 2 aromatic rings. The average Bonchev–Trinajstić information content (AvgIpc) is 2.81. The molecule has 0 atom stereocenters. The summed E-state index contributed by atoms with van der Waals surface area (Å²) in [5, 5.41) is 27.1. The van der Waals surface area contributed by atoms with E-state index >= 15 is 0 Å². The van der Waals surface area contributed by atoms with Crippen LogP contribution in [0.2, 0.25) is 0 Å². The van der Waals surface area contributed by atoms with Crippen LogP contribution in [0, 0.1) is 11.3 Å². The maximum Gasteiger partial charge on any atom is 0.358 e. The van der Waals surface area contributed by atoms with Gasteiger partial charge in [-0.3, -0.25) is 0 Å². The number of aromatic carboxylic acids is 1. The Morgan fingerprint density at radius 3 is 2.82 bits per heavy atom. The first kappa shape index (κ1) is 10.7. The molecule has 0 saturated heterocycles. The minimum atomic E-state index is -1.40. The highest BCUT2D eigenvalue weighted by Gasteiger charge is 2.18. The Kier molecular flexibility index (Phi) is 2.51. The molecule has 2 rings (SSSR count). The maximum atomic E-state index is 10.7. The third-order valence-electron chi connectivity index (χ3n) is 2.10. The molecule has 6 nitrogen and oxygen atoms in total. The second-order valence-electron chi connectivity index (χ2n) is 3.15. The Labute approximate surface area is 95.4 Å². The van der Waals surface area contributed by atoms with Crippen molar-refractivity contribution in [2.45, 2.75) is 0 Å². The fourth-order valence-electron chi connectivity index (χ4n) is 1.36. The van der Waals surface area contributed by atoms with E-state index in [1.54, 1.807) is 18.2 Å². The van der Waals surface area contributed by atoms with E-state index in [-0.39, 0.29) is 11.3 Å². The predicted molar refractivity (Wildman–Crippen MR) is 55.3 cm³/mol. The summed E-state index contributed by atoms with van der Waals surface area (Å²) in [5.74, 6) is -1.57.